The summed E-state index contributed by atoms with van der Waals surface area (Å²) in [5.74, 6) is 0.922. The van der Waals surface area contributed by atoms with E-state index in [1.165, 1.54) is 11.3 Å². The molecule has 2 aliphatic carbocycles. The lowest BCUT2D eigenvalue weighted by Crippen LogP contribution is -3.07. The molecule has 2 saturated carbocycles. The zero-order chi connectivity index (χ0) is 12.8. The van der Waals surface area contributed by atoms with Crippen molar-refractivity contribution in [3.8, 4) is 0 Å². The number of Topliss-reactive ketones (excluding diaryl/α,β-unsaturated/α-hetero) is 1. The highest BCUT2D eigenvalue weighted by atomic mass is 16.1. The van der Waals surface area contributed by atoms with Crippen LogP contribution in [0.1, 0.15) is 47.5 Å². The van der Waals surface area contributed by atoms with Crippen LogP contribution in [0, 0.1) is 16.7 Å². The fraction of sp³-hybridized carbons (Fsp3) is 0.800. The average molecular weight is 236 g/mol. The highest BCUT2D eigenvalue weighted by molar-refractivity contribution is 6.04. The summed E-state index contributed by atoms with van der Waals surface area (Å²) in [4.78, 5) is 14.0. The van der Waals surface area contributed by atoms with Gasteiger partial charge < -0.3 is 4.90 Å². The van der Waals surface area contributed by atoms with Gasteiger partial charge in [0.05, 0.1) is 18.7 Å². The standard InChI is InChI=1S/C15H25NO/c1-6-16(7-2)10-11-12-8-9-15(5,13(11)17)14(12,3)4/h10,12H,6-9H2,1-5H3/p+1. The van der Waals surface area contributed by atoms with Crippen LogP contribution in [0.2, 0.25) is 0 Å². The van der Waals surface area contributed by atoms with Crippen LogP contribution < -0.4 is 4.90 Å². The van der Waals surface area contributed by atoms with Gasteiger partial charge >= 0.3 is 0 Å². The molecule has 0 radical (unpaired) electrons. The number of fused-ring (bicyclic) bond motifs is 2. The summed E-state index contributed by atoms with van der Waals surface area (Å²) in [6.07, 6.45) is 4.50. The quantitative estimate of drug-likeness (QED) is 0.742. The van der Waals surface area contributed by atoms with Crippen LogP contribution in [0.4, 0.5) is 0 Å². The number of carbonyl (C=O) groups is 1. The third-order valence-corrected chi connectivity index (χ3v) is 5.63. The van der Waals surface area contributed by atoms with Gasteiger partial charge in [-0.3, -0.25) is 4.79 Å². The van der Waals surface area contributed by atoms with Gasteiger partial charge in [-0.05, 0) is 38.0 Å². The van der Waals surface area contributed by atoms with Gasteiger partial charge in [-0.2, -0.15) is 0 Å². The van der Waals surface area contributed by atoms with Gasteiger partial charge in [0, 0.05) is 5.41 Å². The number of hydrogen-bond donors (Lipinski definition) is 1. The van der Waals surface area contributed by atoms with E-state index in [4.69, 9.17) is 0 Å². The van der Waals surface area contributed by atoms with Crippen molar-refractivity contribution < 1.29 is 9.69 Å². The van der Waals surface area contributed by atoms with Crippen molar-refractivity contribution in [1.29, 1.82) is 0 Å². The summed E-state index contributed by atoms with van der Waals surface area (Å²) in [6, 6.07) is 0. The van der Waals surface area contributed by atoms with E-state index in [2.05, 4.69) is 40.8 Å². The Labute approximate surface area is 105 Å². The first kappa shape index (κ1) is 12.8. The minimum atomic E-state index is -0.101. The third kappa shape index (κ3) is 1.53. The summed E-state index contributed by atoms with van der Waals surface area (Å²) in [7, 11) is 0. The Morgan fingerprint density at radius 3 is 2.29 bits per heavy atom. The number of nitrogens with one attached hydrogen (secondary N) is 1. The van der Waals surface area contributed by atoms with Crippen molar-refractivity contribution >= 4 is 5.78 Å². The van der Waals surface area contributed by atoms with Gasteiger partial charge in [-0.1, -0.05) is 20.8 Å². The smallest absolute Gasteiger partial charge is 0.170 e. The van der Waals surface area contributed by atoms with Crippen molar-refractivity contribution in [2.45, 2.75) is 47.5 Å². The van der Waals surface area contributed by atoms with Gasteiger partial charge in [0.25, 0.3) is 0 Å². The minimum Gasteiger partial charge on any atom is -0.309 e. The van der Waals surface area contributed by atoms with Gasteiger partial charge in [-0.25, -0.2) is 0 Å². The molecule has 0 aromatic rings. The zero-order valence-corrected chi connectivity index (χ0v) is 11.9. The van der Waals surface area contributed by atoms with Crippen molar-refractivity contribution in [2.24, 2.45) is 16.7 Å². The fourth-order valence-corrected chi connectivity index (χ4v) is 3.77. The molecule has 0 spiro atoms. The lowest BCUT2D eigenvalue weighted by Gasteiger charge is -2.31. The van der Waals surface area contributed by atoms with Gasteiger partial charge in [0.2, 0.25) is 0 Å². The van der Waals surface area contributed by atoms with E-state index in [-0.39, 0.29) is 10.8 Å². The molecule has 0 heterocycles. The normalized spacial score (nSPS) is 37.4. The Kier molecular flexibility index (Phi) is 2.97. The molecule has 2 rings (SSSR count). The van der Waals surface area contributed by atoms with Crippen molar-refractivity contribution in [3.05, 3.63) is 11.8 Å². The van der Waals surface area contributed by atoms with Crippen molar-refractivity contribution in [2.75, 3.05) is 13.1 Å². The highest BCUT2D eigenvalue weighted by Gasteiger charge is 2.64. The first-order valence-electron chi connectivity index (χ1n) is 6.99. The van der Waals surface area contributed by atoms with Crippen LogP contribution in [0.15, 0.2) is 11.8 Å². The van der Waals surface area contributed by atoms with E-state index in [1.807, 2.05) is 0 Å². The Morgan fingerprint density at radius 2 is 1.88 bits per heavy atom. The number of carbonyl (C=O) groups excluding carboxylic acids is 1. The molecule has 2 aliphatic rings. The van der Waals surface area contributed by atoms with Crippen LogP contribution in [0.3, 0.4) is 0 Å². The Balaban J connectivity index is 2.38. The molecule has 0 aromatic heterocycles. The molecule has 0 amide bonds. The molecule has 1 N–H and O–H groups in total. The van der Waals surface area contributed by atoms with Crippen LogP contribution in [-0.2, 0) is 4.79 Å². The molecule has 2 atom stereocenters. The Morgan fingerprint density at radius 1 is 1.29 bits per heavy atom. The SMILES string of the molecule is CC[NH+](C=C1C(=O)C2(C)CCC1C2(C)C)CC. The number of hydrogen-bond acceptors (Lipinski definition) is 1. The van der Waals surface area contributed by atoms with Crippen molar-refractivity contribution in [3.63, 3.8) is 0 Å². The van der Waals surface area contributed by atoms with E-state index < -0.39 is 0 Å². The largest absolute Gasteiger partial charge is 0.309 e. The van der Waals surface area contributed by atoms with Crippen molar-refractivity contribution in [1.82, 2.24) is 0 Å². The summed E-state index contributed by atoms with van der Waals surface area (Å²) in [5, 5.41) is 0. The molecule has 0 aliphatic heterocycles. The van der Waals surface area contributed by atoms with Crippen LogP contribution >= 0.6 is 0 Å². The van der Waals surface area contributed by atoms with Crippen LogP contribution in [0.5, 0.6) is 0 Å². The number of quaternary nitrogens is 1. The van der Waals surface area contributed by atoms with E-state index in [0.717, 1.165) is 25.1 Å². The second-order valence-electron chi connectivity index (χ2n) is 6.44. The molecule has 2 heteroatoms. The number of allylic oxidation sites excluding steroid dienone is 1. The summed E-state index contributed by atoms with van der Waals surface area (Å²) in [5.41, 5.74) is 1.18. The third-order valence-electron chi connectivity index (χ3n) is 5.63. The first-order valence-corrected chi connectivity index (χ1v) is 6.99. The Hall–Kier alpha value is -0.630. The zero-order valence-electron chi connectivity index (χ0n) is 11.9. The highest BCUT2D eigenvalue weighted by Crippen LogP contribution is 2.65. The Bertz CT molecular complexity index is 365. The van der Waals surface area contributed by atoms with Crippen LogP contribution in [0.25, 0.3) is 0 Å². The molecular weight excluding hydrogens is 210 g/mol. The maximum Gasteiger partial charge on any atom is 0.170 e. The van der Waals surface area contributed by atoms with E-state index >= 15 is 0 Å². The molecule has 0 aromatic carbocycles. The van der Waals surface area contributed by atoms with E-state index in [0.29, 0.717) is 11.7 Å². The minimum absolute atomic E-state index is 0.101. The number of ketones is 1. The lowest BCUT2D eigenvalue weighted by atomic mass is 9.70. The second-order valence-corrected chi connectivity index (χ2v) is 6.44. The first-order chi connectivity index (χ1) is 7.88. The molecule has 2 unspecified atom stereocenters. The maximum absolute atomic E-state index is 12.6. The predicted molar refractivity (Wildman–Crippen MR) is 69.7 cm³/mol. The van der Waals surface area contributed by atoms with Gasteiger partial charge in [0.1, 0.15) is 6.20 Å². The van der Waals surface area contributed by atoms with Gasteiger partial charge in [0.15, 0.2) is 5.78 Å². The average Bonchev–Trinajstić information content (AvgIpc) is 2.59. The molecule has 2 fully saturated rings. The van der Waals surface area contributed by atoms with Crippen LogP contribution in [-0.4, -0.2) is 18.9 Å². The molecular formula is C15H26NO+. The summed E-state index contributed by atoms with van der Waals surface area (Å²) >= 11 is 0. The topological polar surface area (TPSA) is 21.5 Å². The second kappa shape index (κ2) is 3.94. The molecule has 17 heavy (non-hydrogen) atoms. The predicted octanol–water partition coefficient (Wildman–Crippen LogP) is 1.82. The van der Waals surface area contributed by atoms with Gasteiger partial charge in [-0.15, -0.1) is 0 Å². The molecule has 96 valence electrons. The lowest BCUT2D eigenvalue weighted by molar-refractivity contribution is -0.843. The fourth-order valence-electron chi connectivity index (χ4n) is 3.77. The number of rotatable bonds is 3. The molecule has 0 saturated heterocycles. The van der Waals surface area contributed by atoms with E-state index in [1.54, 1.807) is 0 Å². The maximum atomic E-state index is 12.6. The summed E-state index contributed by atoms with van der Waals surface area (Å²) < 4.78 is 0. The van der Waals surface area contributed by atoms with E-state index in [9.17, 15) is 4.79 Å². The summed E-state index contributed by atoms with van der Waals surface area (Å²) in [6.45, 7) is 13.2. The molecule has 2 bridgehead atoms. The monoisotopic (exact) mass is 236 g/mol. The molecule has 2 nitrogen and oxygen atoms in total.